The number of fused-ring (bicyclic) bond motifs is 2. The number of H-pyrrole nitrogens is 1. The summed E-state index contributed by atoms with van der Waals surface area (Å²) >= 11 is 0. The molecular formula is C21H20FN7O. The number of hydrogen-bond acceptors (Lipinski definition) is 7. The maximum Gasteiger partial charge on any atom is 0.324 e. The molecule has 0 radical (unpaired) electrons. The van der Waals surface area contributed by atoms with Gasteiger partial charge in [0.05, 0.1) is 29.3 Å². The number of aryl methyl sites for hydroxylation is 1. The van der Waals surface area contributed by atoms with Gasteiger partial charge in [0.15, 0.2) is 5.75 Å². The number of aromatic amines is 1. The first kappa shape index (κ1) is 17.5. The Bertz CT molecular complexity index is 1300. The molecule has 1 aliphatic heterocycles. The molecule has 0 amide bonds. The van der Waals surface area contributed by atoms with Gasteiger partial charge >= 0.3 is 6.01 Å². The molecule has 0 bridgehead atoms. The molecule has 1 aromatic carbocycles. The fourth-order valence-corrected chi connectivity index (χ4v) is 4.79. The van der Waals surface area contributed by atoms with Gasteiger partial charge in [0.25, 0.3) is 0 Å². The molecule has 1 fully saturated rings. The summed E-state index contributed by atoms with van der Waals surface area (Å²) in [5, 5.41) is 8.30. The molecule has 152 valence electrons. The van der Waals surface area contributed by atoms with Gasteiger partial charge in [0, 0.05) is 30.3 Å². The SMILES string of the molecule is CNc1cc(F)c2c3c1[nH]c1nc(Oc4cnc(C)nc4)nc(c13)[C@H]1CNC[C@@H]1C2. The van der Waals surface area contributed by atoms with E-state index in [0.29, 0.717) is 29.3 Å². The van der Waals surface area contributed by atoms with E-state index in [1.807, 2.05) is 6.92 Å². The molecule has 0 unspecified atom stereocenters. The van der Waals surface area contributed by atoms with E-state index < -0.39 is 0 Å². The molecule has 1 saturated heterocycles. The minimum absolute atomic E-state index is 0.163. The molecule has 0 spiro atoms. The van der Waals surface area contributed by atoms with Gasteiger partial charge in [-0.25, -0.2) is 14.4 Å². The molecule has 30 heavy (non-hydrogen) atoms. The zero-order valence-electron chi connectivity index (χ0n) is 16.6. The second-order valence-electron chi connectivity index (χ2n) is 7.92. The lowest BCUT2D eigenvalue weighted by Gasteiger charge is -2.17. The Morgan fingerprint density at radius 3 is 2.80 bits per heavy atom. The maximum absolute atomic E-state index is 15.1. The minimum atomic E-state index is -0.191. The summed E-state index contributed by atoms with van der Waals surface area (Å²) in [6.07, 6.45) is 3.87. The van der Waals surface area contributed by atoms with Crippen LogP contribution in [0.25, 0.3) is 21.9 Å². The third-order valence-corrected chi connectivity index (χ3v) is 6.18. The number of benzene rings is 1. The van der Waals surface area contributed by atoms with E-state index >= 15 is 4.39 Å². The number of anilines is 1. The van der Waals surface area contributed by atoms with E-state index in [1.165, 1.54) is 0 Å². The lowest BCUT2D eigenvalue weighted by molar-refractivity contribution is 0.430. The summed E-state index contributed by atoms with van der Waals surface area (Å²) in [4.78, 5) is 21.1. The van der Waals surface area contributed by atoms with E-state index in [9.17, 15) is 0 Å². The Kier molecular flexibility index (Phi) is 3.70. The summed E-state index contributed by atoms with van der Waals surface area (Å²) < 4.78 is 21.0. The number of hydrogen-bond donors (Lipinski definition) is 3. The Hall–Kier alpha value is -3.33. The predicted octanol–water partition coefficient (Wildman–Crippen LogP) is 3.04. The number of aromatic nitrogens is 5. The summed E-state index contributed by atoms with van der Waals surface area (Å²) in [7, 11) is 1.79. The van der Waals surface area contributed by atoms with Crippen molar-refractivity contribution in [3.63, 3.8) is 0 Å². The van der Waals surface area contributed by atoms with Crippen LogP contribution in [-0.4, -0.2) is 45.1 Å². The quantitative estimate of drug-likeness (QED) is 0.482. The van der Waals surface area contributed by atoms with Crippen LogP contribution in [0.15, 0.2) is 18.5 Å². The Morgan fingerprint density at radius 2 is 2.00 bits per heavy atom. The van der Waals surface area contributed by atoms with Crippen LogP contribution < -0.4 is 15.4 Å². The van der Waals surface area contributed by atoms with Gasteiger partial charge in [-0.05, 0) is 37.4 Å². The van der Waals surface area contributed by atoms with Crippen molar-refractivity contribution in [2.75, 3.05) is 25.5 Å². The first-order chi connectivity index (χ1) is 14.6. The van der Waals surface area contributed by atoms with Crippen LogP contribution in [0.3, 0.4) is 0 Å². The Labute approximate surface area is 171 Å². The number of halogens is 1. The number of nitrogens with one attached hydrogen (secondary N) is 3. The third kappa shape index (κ3) is 2.48. The zero-order chi connectivity index (χ0) is 20.4. The van der Waals surface area contributed by atoms with Gasteiger partial charge in [0.2, 0.25) is 0 Å². The summed E-state index contributed by atoms with van der Waals surface area (Å²) in [6.45, 7) is 3.44. The average Bonchev–Trinajstić information content (AvgIpc) is 3.32. The minimum Gasteiger partial charge on any atom is -0.421 e. The topological polar surface area (TPSA) is 101 Å². The average molecular weight is 405 g/mol. The highest BCUT2D eigenvalue weighted by Gasteiger charge is 2.37. The largest absolute Gasteiger partial charge is 0.421 e. The molecule has 6 rings (SSSR count). The number of ether oxygens (including phenoxy) is 1. The molecule has 1 aliphatic carbocycles. The van der Waals surface area contributed by atoms with Gasteiger partial charge in [0.1, 0.15) is 17.3 Å². The molecule has 4 heterocycles. The first-order valence-corrected chi connectivity index (χ1v) is 10.0. The molecule has 9 heteroatoms. The van der Waals surface area contributed by atoms with E-state index in [2.05, 4.69) is 30.6 Å². The summed E-state index contributed by atoms with van der Waals surface area (Å²) in [5.74, 6) is 1.37. The number of nitrogens with zero attached hydrogens (tertiary/aromatic N) is 4. The Balaban J connectivity index is 1.62. The highest BCUT2D eigenvalue weighted by Crippen LogP contribution is 2.45. The van der Waals surface area contributed by atoms with Gasteiger partial charge in [-0.15, -0.1) is 0 Å². The van der Waals surface area contributed by atoms with Crippen molar-refractivity contribution < 1.29 is 9.13 Å². The van der Waals surface area contributed by atoms with Gasteiger partial charge in [-0.3, -0.25) is 0 Å². The maximum atomic E-state index is 15.1. The second kappa shape index (κ2) is 6.33. The van der Waals surface area contributed by atoms with Gasteiger partial charge < -0.3 is 20.4 Å². The lowest BCUT2D eigenvalue weighted by Crippen LogP contribution is -2.15. The van der Waals surface area contributed by atoms with Crippen LogP contribution >= 0.6 is 0 Å². The van der Waals surface area contributed by atoms with Crippen LogP contribution in [0.2, 0.25) is 0 Å². The van der Waals surface area contributed by atoms with Crippen molar-refractivity contribution in [2.24, 2.45) is 5.92 Å². The molecule has 2 aliphatic rings. The first-order valence-electron chi connectivity index (χ1n) is 10.0. The zero-order valence-corrected chi connectivity index (χ0v) is 16.6. The highest BCUT2D eigenvalue weighted by molar-refractivity contribution is 6.13. The van der Waals surface area contributed by atoms with Crippen molar-refractivity contribution in [1.29, 1.82) is 0 Å². The van der Waals surface area contributed by atoms with E-state index in [0.717, 1.165) is 40.6 Å². The standard InChI is InChI=1S/C21H20FN7O/c1-9-25-6-11(7-26-9)30-21-28-18-13-8-24-5-10(13)3-12-14(22)4-15(23-2)19-16(12)17(18)20(27-19)29-21/h4,6-7,10,13,23-24H,3,5,8H2,1-2H3,(H,27,28,29)/t10-,13-/m0/s1. The van der Waals surface area contributed by atoms with Crippen LogP contribution in [0, 0.1) is 18.7 Å². The van der Waals surface area contributed by atoms with Crippen LogP contribution in [-0.2, 0) is 6.42 Å². The summed E-state index contributed by atoms with van der Waals surface area (Å²) in [6, 6.07) is 1.79. The molecule has 2 atom stereocenters. The third-order valence-electron chi connectivity index (χ3n) is 6.18. The van der Waals surface area contributed by atoms with Crippen LogP contribution in [0.4, 0.5) is 10.1 Å². The fourth-order valence-electron chi connectivity index (χ4n) is 4.79. The van der Waals surface area contributed by atoms with E-state index in [-0.39, 0.29) is 23.7 Å². The van der Waals surface area contributed by atoms with E-state index in [1.54, 1.807) is 25.5 Å². The summed E-state index contributed by atoms with van der Waals surface area (Å²) in [5.41, 5.74) is 3.83. The van der Waals surface area contributed by atoms with Crippen molar-refractivity contribution in [1.82, 2.24) is 30.2 Å². The van der Waals surface area contributed by atoms with Crippen molar-refractivity contribution in [2.45, 2.75) is 19.3 Å². The highest BCUT2D eigenvalue weighted by atomic mass is 19.1. The number of rotatable bonds is 3. The van der Waals surface area contributed by atoms with Crippen LogP contribution in [0.5, 0.6) is 11.8 Å². The van der Waals surface area contributed by atoms with Gasteiger partial charge in [-0.2, -0.15) is 9.97 Å². The molecule has 8 nitrogen and oxygen atoms in total. The van der Waals surface area contributed by atoms with Gasteiger partial charge in [-0.1, -0.05) is 0 Å². The monoisotopic (exact) mass is 405 g/mol. The smallest absolute Gasteiger partial charge is 0.324 e. The van der Waals surface area contributed by atoms with Crippen LogP contribution in [0.1, 0.15) is 23.0 Å². The molecular weight excluding hydrogens is 385 g/mol. The van der Waals surface area contributed by atoms with Crippen molar-refractivity contribution >= 4 is 27.6 Å². The molecule has 3 aromatic heterocycles. The second-order valence-corrected chi connectivity index (χ2v) is 7.92. The lowest BCUT2D eigenvalue weighted by atomic mass is 9.89. The molecule has 3 N–H and O–H groups in total. The van der Waals surface area contributed by atoms with E-state index in [4.69, 9.17) is 9.72 Å². The van der Waals surface area contributed by atoms with Crippen molar-refractivity contribution in [3.05, 3.63) is 41.4 Å². The normalized spacial score (nSPS) is 20.0. The molecule has 0 saturated carbocycles. The predicted molar refractivity (Wildman–Crippen MR) is 111 cm³/mol. The Morgan fingerprint density at radius 1 is 1.17 bits per heavy atom. The fraction of sp³-hybridized carbons (Fsp3) is 0.333. The van der Waals surface area contributed by atoms with Crippen molar-refractivity contribution in [3.8, 4) is 11.8 Å². The molecule has 4 aromatic rings.